The van der Waals surface area contributed by atoms with Gasteiger partial charge in [0.05, 0.1) is 11.3 Å². The van der Waals surface area contributed by atoms with Crippen molar-refractivity contribution >= 4 is 27.5 Å². The van der Waals surface area contributed by atoms with Crippen LogP contribution in [0.15, 0.2) is 46.9 Å². The first-order chi connectivity index (χ1) is 12.7. The molecule has 1 fully saturated rings. The fourth-order valence-corrected chi connectivity index (χ4v) is 3.76. The standard InChI is InChI=1S/C20H18BrF4NO/c21-16-7-4-12(5-8-16)13-2-1-3-14(10-13)19(27)26-18-9-6-15(11-17(18)22)20(23,24)25/h4-9,11,13-14H,1-3,10H2,(H,26,27). The molecule has 2 nitrogen and oxygen atoms in total. The Morgan fingerprint density at radius 3 is 2.41 bits per heavy atom. The predicted molar refractivity (Wildman–Crippen MR) is 98.9 cm³/mol. The molecule has 0 radical (unpaired) electrons. The number of nitrogens with one attached hydrogen (secondary N) is 1. The Bertz CT molecular complexity index is 820. The second-order valence-corrected chi connectivity index (χ2v) is 7.71. The van der Waals surface area contributed by atoms with Gasteiger partial charge in [0, 0.05) is 10.4 Å². The van der Waals surface area contributed by atoms with E-state index in [1.54, 1.807) is 0 Å². The van der Waals surface area contributed by atoms with Crippen LogP contribution < -0.4 is 5.32 Å². The molecule has 2 atom stereocenters. The first-order valence-electron chi connectivity index (χ1n) is 8.67. The zero-order valence-corrected chi connectivity index (χ0v) is 15.9. The molecular weight excluding hydrogens is 426 g/mol. The lowest BCUT2D eigenvalue weighted by Gasteiger charge is -2.28. The van der Waals surface area contributed by atoms with Crippen LogP contribution in [0.25, 0.3) is 0 Å². The maximum Gasteiger partial charge on any atom is 0.416 e. The van der Waals surface area contributed by atoms with Crippen LogP contribution >= 0.6 is 15.9 Å². The maximum absolute atomic E-state index is 14.0. The molecule has 1 N–H and O–H groups in total. The number of anilines is 1. The van der Waals surface area contributed by atoms with E-state index in [1.165, 1.54) is 0 Å². The molecule has 2 aromatic rings. The molecule has 144 valence electrons. The first-order valence-corrected chi connectivity index (χ1v) is 9.46. The van der Waals surface area contributed by atoms with Gasteiger partial charge in [-0.3, -0.25) is 4.79 Å². The van der Waals surface area contributed by atoms with E-state index >= 15 is 0 Å². The summed E-state index contributed by atoms with van der Waals surface area (Å²) in [5.41, 5.74) is -0.152. The minimum atomic E-state index is -4.62. The third-order valence-electron chi connectivity index (χ3n) is 4.94. The van der Waals surface area contributed by atoms with Gasteiger partial charge in [0.2, 0.25) is 5.91 Å². The number of carbonyl (C=O) groups is 1. The van der Waals surface area contributed by atoms with E-state index in [0.717, 1.165) is 35.0 Å². The number of hydrogen-bond acceptors (Lipinski definition) is 1. The van der Waals surface area contributed by atoms with Gasteiger partial charge in [-0.15, -0.1) is 0 Å². The largest absolute Gasteiger partial charge is 0.416 e. The normalized spacial score (nSPS) is 20.3. The van der Waals surface area contributed by atoms with E-state index in [2.05, 4.69) is 21.2 Å². The van der Waals surface area contributed by atoms with Gasteiger partial charge in [0.25, 0.3) is 0 Å². The number of alkyl halides is 3. The van der Waals surface area contributed by atoms with E-state index in [9.17, 15) is 22.4 Å². The molecule has 2 aromatic carbocycles. The molecule has 7 heteroatoms. The van der Waals surface area contributed by atoms with Crippen LogP contribution in [0.4, 0.5) is 23.2 Å². The van der Waals surface area contributed by atoms with Gasteiger partial charge < -0.3 is 5.32 Å². The zero-order valence-electron chi connectivity index (χ0n) is 14.3. The van der Waals surface area contributed by atoms with E-state index in [1.807, 2.05) is 24.3 Å². The van der Waals surface area contributed by atoms with Gasteiger partial charge in [-0.25, -0.2) is 4.39 Å². The molecule has 1 amide bonds. The Morgan fingerprint density at radius 1 is 1.07 bits per heavy atom. The molecule has 0 bridgehead atoms. The van der Waals surface area contributed by atoms with Crippen molar-refractivity contribution in [2.24, 2.45) is 5.92 Å². The Labute approximate surface area is 163 Å². The topological polar surface area (TPSA) is 29.1 Å². The summed E-state index contributed by atoms with van der Waals surface area (Å²) in [4.78, 5) is 12.5. The summed E-state index contributed by atoms with van der Waals surface area (Å²) >= 11 is 3.40. The van der Waals surface area contributed by atoms with Crippen molar-refractivity contribution < 1.29 is 22.4 Å². The van der Waals surface area contributed by atoms with E-state index in [0.29, 0.717) is 18.9 Å². The molecule has 0 aliphatic heterocycles. The van der Waals surface area contributed by atoms with Gasteiger partial charge in [0.1, 0.15) is 5.82 Å². The van der Waals surface area contributed by atoms with Crippen molar-refractivity contribution in [3.05, 3.63) is 63.9 Å². The lowest BCUT2D eigenvalue weighted by molar-refractivity contribution is -0.137. The summed E-state index contributed by atoms with van der Waals surface area (Å²) in [5, 5.41) is 2.45. The van der Waals surface area contributed by atoms with Crippen molar-refractivity contribution in [2.75, 3.05) is 5.32 Å². The van der Waals surface area contributed by atoms with Crippen molar-refractivity contribution in [1.29, 1.82) is 0 Å². The second kappa shape index (κ2) is 8.00. The summed E-state index contributed by atoms with van der Waals surface area (Å²) in [7, 11) is 0. The van der Waals surface area contributed by atoms with Crippen LogP contribution in [-0.4, -0.2) is 5.91 Å². The van der Waals surface area contributed by atoms with Crippen LogP contribution in [0, 0.1) is 11.7 Å². The summed E-state index contributed by atoms with van der Waals surface area (Å²) in [6, 6.07) is 10.1. The molecule has 0 spiro atoms. The summed E-state index contributed by atoms with van der Waals surface area (Å²) < 4.78 is 52.8. The maximum atomic E-state index is 14.0. The van der Waals surface area contributed by atoms with Crippen molar-refractivity contribution in [3.8, 4) is 0 Å². The number of rotatable bonds is 3. The molecule has 1 saturated carbocycles. The van der Waals surface area contributed by atoms with E-state index in [-0.39, 0.29) is 23.4 Å². The number of benzene rings is 2. The molecular formula is C20H18BrF4NO. The molecule has 0 saturated heterocycles. The fraction of sp³-hybridized carbons (Fsp3) is 0.350. The highest BCUT2D eigenvalue weighted by Gasteiger charge is 2.32. The molecule has 2 unspecified atom stereocenters. The van der Waals surface area contributed by atoms with E-state index in [4.69, 9.17) is 0 Å². The molecule has 1 aliphatic rings. The van der Waals surface area contributed by atoms with Crippen LogP contribution in [0.1, 0.15) is 42.7 Å². The third kappa shape index (κ3) is 4.89. The second-order valence-electron chi connectivity index (χ2n) is 6.79. The van der Waals surface area contributed by atoms with Crippen molar-refractivity contribution in [1.82, 2.24) is 0 Å². The Morgan fingerprint density at radius 2 is 1.78 bits per heavy atom. The highest BCUT2D eigenvalue weighted by Crippen LogP contribution is 2.37. The van der Waals surface area contributed by atoms with Crippen molar-refractivity contribution in [2.45, 2.75) is 37.8 Å². The lowest BCUT2D eigenvalue weighted by Crippen LogP contribution is -2.28. The Hall–Kier alpha value is -1.89. The zero-order chi connectivity index (χ0) is 19.6. The van der Waals surface area contributed by atoms with Crippen LogP contribution in [0.5, 0.6) is 0 Å². The Balaban J connectivity index is 1.68. The smallest absolute Gasteiger partial charge is 0.323 e. The first kappa shape index (κ1) is 19.9. The average molecular weight is 444 g/mol. The molecule has 0 heterocycles. The SMILES string of the molecule is O=C(Nc1ccc(C(F)(F)F)cc1F)C1CCCC(c2ccc(Br)cc2)C1. The number of hydrogen-bond donors (Lipinski definition) is 1. The average Bonchev–Trinajstić information content (AvgIpc) is 2.63. The summed E-state index contributed by atoms with van der Waals surface area (Å²) in [6.45, 7) is 0. The van der Waals surface area contributed by atoms with Gasteiger partial charge in [-0.05, 0) is 61.1 Å². The van der Waals surface area contributed by atoms with Gasteiger partial charge in [-0.2, -0.15) is 13.2 Å². The van der Waals surface area contributed by atoms with Crippen LogP contribution in [-0.2, 0) is 11.0 Å². The summed E-state index contributed by atoms with van der Waals surface area (Å²) in [6.07, 6.45) is -1.46. The fourth-order valence-electron chi connectivity index (χ4n) is 3.49. The minimum absolute atomic E-state index is 0.223. The van der Waals surface area contributed by atoms with Gasteiger partial charge in [-0.1, -0.05) is 34.5 Å². The number of amides is 1. The predicted octanol–water partition coefficient (Wildman–Crippen LogP) is 6.52. The molecule has 27 heavy (non-hydrogen) atoms. The van der Waals surface area contributed by atoms with E-state index < -0.39 is 17.6 Å². The number of halogens is 5. The van der Waals surface area contributed by atoms with Crippen molar-refractivity contribution in [3.63, 3.8) is 0 Å². The lowest BCUT2D eigenvalue weighted by atomic mass is 9.77. The monoisotopic (exact) mass is 443 g/mol. The quantitative estimate of drug-likeness (QED) is 0.537. The highest BCUT2D eigenvalue weighted by atomic mass is 79.9. The van der Waals surface area contributed by atoms with Crippen LogP contribution in [0.3, 0.4) is 0 Å². The third-order valence-corrected chi connectivity index (χ3v) is 5.47. The van der Waals surface area contributed by atoms with Gasteiger partial charge in [0.15, 0.2) is 0 Å². The van der Waals surface area contributed by atoms with Gasteiger partial charge >= 0.3 is 6.18 Å². The highest BCUT2D eigenvalue weighted by molar-refractivity contribution is 9.10. The number of carbonyl (C=O) groups excluding carboxylic acids is 1. The minimum Gasteiger partial charge on any atom is -0.323 e. The molecule has 0 aromatic heterocycles. The molecule has 3 rings (SSSR count). The van der Waals surface area contributed by atoms with Crippen LogP contribution in [0.2, 0.25) is 0 Å². The molecule has 1 aliphatic carbocycles. The Kier molecular flexibility index (Phi) is 5.89. The summed E-state index contributed by atoms with van der Waals surface area (Å²) in [5.74, 6) is -1.50.